The zero-order valence-corrected chi connectivity index (χ0v) is 22.6. The van der Waals surface area contributed by atoms with Crippen LogP contribution in [0.4, 0.5) is 10.6 Å². The molecule has 39 heavy (non-hydrogen) atoms. The van der Waals surface area contributed by atoms with Gasteiger partial charge in [-0.25, -0.2) is 14.5 Å². The van der Waals surface area contributed by atoms with Gasteiger partial charge in [0, 0.05) is 11.5 Å². The largest absolute Gasteiger partial charge is 0.484 e. The number of benzene rings is 2. The second-order valence-corrected chi connectivity index (χ2v) is 10.9. The van der Waals surface area contributed by atoms with E-state index in [2.05, 4.69) is 36.4 Å². The molecule has 2 atom stereocenters. The number of aromatic nitrogens is 3. The molecule has 2 amide bonds. The summed E-state index contributed by atoms with van der Waals surface area (Å²) >= 11 is 0. The molecule has 0 aliphatic heterocycles. The highest BCUT2D eigenvalue weighted by Gasteiger charge is 2.30. The Morgan fingerprint density at radius 2 is 1.79 bits per heavy atom. The molecule has 0 unspecified atom stereocenters. The number of carbonyl (C=O) groups excluding carboxylic acids is 1. The van der Waals surface area contributed by atoms with Gasteiger partial charge in [-0.15, -0.1) is 0 Å². The summed E-state index contributed by atoms with van der Waals surface area (Å²) in [5, 5.41) is 20.0. The summed E-state index contributed by atoms with van der Waals surface area (Å²) in [5.74, 6) is 1.22. The maximum absolute atomic E-state index is 13.3. The Morgan fingerprint density at radius 1 is 1.05 bits per heavy atom. The fraction of sp³-hybridized carbons (Fsp3) is 0.290. The molecule has 1 aliphatic rings. The fourth-order valence-electron chi connectivity index (χ4n) is 4.73. The lowest BCUT2D eigenvalue weighted by Gasteiger charge is -2.32. The minimum absolute atomic E-state index is 0.169. The Bertz CT molecular complexity index is 1510. The van der Waals surface area contributed by atoms with Crippen LogP contribution in [0.25, 0.3) is 5.69 Å². The molecule has 2 heterocycles. The molecule has 2 N–H and O–H groups in total. The molecule has 0 bridgehead atoms. The third kappa shape index (κ3) is 5.78. The van der Waals surface area contributed by atoms with Crippen molar-refractivity contribution >= 4 is 11.8 Å². The maximum Gasteiger partial charge on any atom is 0.320 e. The summed E-state index contributed by atoms with van der Waals surface area (Å²) < 4.78 is 8.01. The molecule has 0 fully saturated rings. The second kappa shape index (κ2) is 10.6. The molecule has 0 saturated carbocycles. The normalized spacial score (nSPS) is 16.6. The Labute approximate surface area is 228 Å². The lowest BCUT2D eigenvalue weighted by atomic mass is 9.85. The molecule has 8 nitrogen and oxygen atoms in total. The Kier molecular flexibility index (Phi) is 7.07. The summed E-state index contributed by atoms with van der Waals surface area (Å²) in [6, 6.07) is 23.0. The molecule has 0 spiro atoms. The van der Waals surface area contributed by atoms with E-state index in [9.17, 15) is 4.79 Å². The predicted molar refractivity (Wildman–Crippen MR) is 150 cm³/mol. The topological polar surface area (TPSA) is 105 Å². The number of pyridine rings is 1. The number of rotatable bonds is 5. The third-order valence-electron chi connectivity index (χ3n) is 6.87. The van der Waals surface area contributed by atoms with Gasteiger partial charge in [-0.05, 0) is 55.2 Å². The van der Waals surface area contributed by atoms with Crippen molar-refractivity contribution in [2.75, 3.05) is 5.32 Å². The number of ether oxygens (including phenoxy) is 1. The molecular weight excluding hydrogens is 488 g/mol. The standard InChI is InChI=1S/C31H32N6O2/c1-20-9-12-22(13-10-20)37-29(17-28(36-37)31(2,3)4)35-30(38)34-26-15-16-27(25-8-6-5-7-24(25)26)39-23-14-11-21(18-32)33-19-23/h5-14,17,19,26-27H,15-16H2,1-4H3,(H2,34,35,38)/t26-,27+/m0/s1. The number of urea groups is 1. The van der Waals surface area contributed by atoms with Crippen molar-refractivity contribution in [3.8, 4) is 17.5 Å². The van der Waals surface area contributed by atoms with E-state index in [1.165, 1.54) is 0 Å². The summed E-state index contributed by atoms with van der Waals surface area (Å²) in [6.07, 6.45) is 2.83. The predicted octanol–water partition coefficient (Wildman–Crippen LogP) is 6.52. The van der Waals surface area contributed by atoms with Crippen molar-refractivity contribution in [1.29, 1.82) is 5.26 Å². The smallest absolute Gasteiger partial charge is 0.320 e. The zero-order valence-electron chi connectivity index (χ0n) is 22.6. The molecule has 4 aromatic rings. The van der Waals surface area contributed by atoms with Crippen molar-refractivity contribution in [2.45, 2.75) is 58.1 Å². The van der Waals surface area contributed by atoms with Gasteiger partial charge in [-0.3, -0.25) is 5.32 Å². The highest BCUT2D eigenvalue weighted by Crippen LogP contribution is 2.38. The molecule has 2 aromatic heterocycles. The average Bonchev–Trinajstić information content (AvgIpc) is 3.35. The lowest BCUT2D eigenvalue weighted by Crippen LogP contribution is -2.36. The second-order valence-electron chi connectivity index (χ2n) is 10.9. The minimum atomic E-state index is -0.292. The summed E-state index contributed by atoms with van der Waals surface area (Å²) in [5.41, 5.74) is 5.14. The van der Waals surface area contributed by atoms with E-state index in [4.69, 9.17) is 15.1 Å². The van der Waals surface area contributed by atoms with Crippen LogP contribution in [0, 0.1) is 18.3 Å². The van der Waals surface area contributed by atoms with Gasteiger partial charge in [0.15, 0.2) is 0 Å². The van der Waals surface area contributed by atoms with Crippen LogP contribution in [-0.2, 0) is 5.41 Å². The SMILES string of the molecule is Cc1ccc(-n2nc(C(C)(C)C)cc2NC(=O)N[C@H]2CC[C@@H](Oc3ccc(C#N)nc3)c3ccccc32)cc1. The van der Waals surface area contributed by atoms with Gasteiger partial charge in [0.2, 0.25) is 0 Å². The first-order valence-corrected chi connectivity index (χ1v) is 13.1. The van der Waals surface area contributed by atoms with Gasteiger partial charge in [0.05, 0.1) is 23.6 Å². The van der Waals surface area contributed by atoms with Gasteiger partial charge in [0.25, 0.3) is 0 Å². The summed E-state index contributed by atoms with van der Waals surface area (Å²) in [4.78, 5) is 17.4. The Morgan fingerprint density at radius 3 is 2.46 bits per heavy atom. The van der Waals surface area contributed by atoms with E-state index in [1.54, 1.807) is 23.0 Å². The molecular formula is C31H32N6O2. The van der Waals surface area contributed by atoms with E-state index in [0.717, 1.165) is 34.5 Å². The fourth-order valence-corrected chi connectivity index (χ4v) is 4.73. The summed E-state index contributed by atoms with van der Waals surface area (Å²) in [7, 11) is 0. The monoisotopic (exact) mass is 520 g/mol. The lowest BCUT2D eigenvalue weighted by molar-refractivity contribution is 0.172. The molecule has 8 heteroatoms. The highest BCUT2D eigenvalue weighted by atomic mass is 16.5. The average molecular weight is 521 g/mol. The number of aryl methyl sites for hydroxylation is 1. The van der Waals surface area contributed by atoms with Crippen LogP contribution in [0.3, 0.4) is 0 Å². The molecule has 0 saturated heterocycles. The number of nitriles is 1. The van der Waals surface area contributed by atoms with Crippen LogP contribution in [0.2, 0.25) is 0 Å². The van der Waals surface area contributed by atoms with Crippen LogP contribution in [0.15, 0.2) is 72.9 Å². The van der Waals surface area contributed by atoms with Crippen molar-refractivity contribution in [3.63, 3.8) is 0 Å². The quantitative estimate of drug-likeness (QED) is 0.312. The number of nitrogens with zero attached hydrogens (tertiary/aromatic N) is 4. The van der Waals surface area contributed by atoms with Crippen molar-refractivity contribution < 1.29 is 9.53 Å². The van der Waals surface area contributed by atoms with Crippen LogP contribution in [0.1, 0.15) is 73.8 Å². The zero-order chi connectivity index (χ0) is 27.6. The van der Waals surface area contributed by atoms with Gasteiger partial charge >= 0.3 is 6.03 Å². The van der Waals surface area contributed by atoms with Crippen molar-refractivity contribution in [3.05, 3.63) is 101 Å². The highest BCUT2D eigenvalue weighted by molar-refractivity contribution is 5.89. The first kappa shape index (κ1) is 26.0. The van der Waals surface area contributed by atoms with E-state index in [1.807, 2.05) is 67.6 Å². The number of nitrogens with one attached hydrogen (secondary N) is 2. The van der Waals surface area contributed by atoms with Gasteiger partial charge < -0.3 is 10.1 Å². The van der Waals surface area contributed by atoms with E-state index in [-0.39, 0.29) is 23.6 Å². The number of fused-ring (bicyclic) bond motifs is 1. The number of anilines is 1. The van der Waals surface area contributed by atoms with Crippen LogP contribution in [-0.4, -0.2) is 20.8 Å². The van der Waals surface area contributed by atoms with Crippen LogP contribution >= 0.6 is 0 Å². The molecule has 2 aromatic carbocycles. The maximum atomic E-state index is 13.3. The van der Waals surface area contributed by atoms with Gasteiger partial charge in [0.1, 0.15) is 29.4 Å². The number of hydrogen-bond acceptors (Lipinski definition) is 5. The van der Waals surface area contributed by atoms with E-state index < -0.39 is 0 Å². The van der Waals surface area contributed by atoms with E-state index >= 15 is 0 Å². The van der Waals surface area contributed by atoms with Gasteiger partial charge in [-0.1, -0.05) is 62.7 Å². The number of hydrogen-bond donors (Lipinski definition) is 2. The third-order valence-corrected chi connectivity index (χ3v) is 6.87. The number of carbonyl (C=O) groups is 1. The Balaban J connectivity index is 1.34. The molecule has 198 valence electrons. The Hall–Kier alpha value is -4.64. The van der Waals surface area contributed by atoms with Crippen LogP contribution < -0.4 is 15.4 Å². The number of amides is 2. The van der Waals surface area contributed by atoms with Gasteiger partial charge in [-0.2, -0.15) is 10.4 Å². The van der Waals surface area contributed by atoms with E-state index in [0.29, 0.717) is 23.7 Å². The summed E-state index contributed by atoms with van der Waals surface area (Å²) in [6.45, 7) is 8.34. The first-order chi connectivity index (χ1) is 18.7. The first-order valence-electron chi connectivity index (χ1n) is 13.1. The van der Waals surface area contributed by atoms with Crippen molar-refractivity contribution in [2.24, 2.45) is 0 Å². The minimum Gasteiger partial charge on any atom is -0.484 e. The molecule has 1 aliphatic carbocycles. The van der Waals surface area contributed by atoms with Crippen molar-refractivity contribution in [1.82, 2.24) is 20.1 Å². The molecule has 0 radical (unpaired) electrons. The van der Waals surface area contributed by atoms with Crippen LogP contribution in [0.5, 0.6) is 5.75 Å². The molecule has 5 rings (SSSR count).